The standard InChI is InChI=1S/C17H14N2O/c1-20-13-7-8-16-15(11-13)14(9-10-18)17(19-16)12-5-3-2-4-6-12/h2-8,11,19H,9H2,1H3. The predicted octanol–water partition coefficient (Wildman–Crippen LogP) is 3.91. The van der Waals surface area contributed by atoms with Gasteiger partial charge in [0.1, 0.15) is 5.75 Å². The number of fused-ring (bicyclic) bond motifs is 1. The van der Waals surface area contributed by atoms with Crippen LogP contribution in [0, 0.1) is 11.3 Å². The number of nitriles is 1. The first-order chi connectivity index (χ1) is 9.83. The molecule has 1 heterocycles. The fourth-order valence-corrected chi connectivity index (χ4v) is 2.47. The number of ether oxygens (including phenoxy) is 1. The summed E-state index contributed by atoms with van der Waals surface area (Å²) < 4.78 is 5.27. The molecule has 0 radical (unpaired) electrons. The van der Waals surface area contributed by atoms with E-state index in [4.69, 9.17) is 10.00 Å². The van der Waals surface area contributed by atoms with E-state index in [0.29, 0.717) is 6.42 Å². The number of aromatic amines is 1. The second kappa shape index (κ2) is 5.10. The van der Waals surface area contributed by atoms with Crippen molar-refractivity contribution in [1.82, 2.24) is 4.98 Å². The van der Waals surface area contributed by atoms with Gasteiger partial charge in [0.25, 0.3) is 0 Å². The first-order valence-corrected chi connectivity index (χ1v) is 6.44. The Hall–Kier alpha value is -2.73. The van der Waals surface area contributed by atoms with Gasteiger partial charge in [-0.2, -0.15) is 5.26 Å². The van der Waals surface area contributed by atoms with E-state index in [1.165, 1.54) is 0 Å². The molecule has 0 atom stereocenters. The number of H-pyrrole nitrogens is 1. The summed E-state index contributed by atoms with van der Waals surface area (Å²) in [7, 11) is 1.65. The van der Waals surface area contributed by atoms with Crippen molar-refractivity contribution in [3.63, 3.8) is 0 Å². The molecule has 0 aliphatic carbocycles. The molecule has 3 heteroatoms. The number of benzene rings is 2. The van der Waals surface area contributed by atoms with Crippen LogP contribution in [0.3, 0.4) is 0 Å². The molecule has 0 aliphatic heterocycles. The molecule has 0 bridgehead atoms. The van der Waals surface area contributed by atoms with E-state index < -0.39 is 0 Å². The molecule has 3 nitrogen and oxygen atoms in total. The van der Waals surface area contributed by atoms with Crippen LogP contribution in [0.15, 0.2) is 48.5 Å². The third-order valence-corrected chi connectivity index (χ3v) is 3.43. The number of rotatable bonds is 3. The number of aromatic nitrogens is 1. The summed E-state index contributed by atoms with van der Waals surface area (Å²) in [5.74, 6) is 0.801. The highest BCUT2D eigenvalue weighted by atomic mass is 16.5. The Bertz CT molecular complexity index is 782. The summed E-state index contributed by atoms with van der Waals surface area (Å²) in [6, 6.07) is 18.2. The van der Waals surface area contributed by atoms with Crippen LogP contribution in [-0.2, 0) is 6.42 Å². The van der Waals surface area contributed by atoms with Crippen molar-refractivity contribution in [1.29, 1.82) is 5.26 Å². The van der Waals surface area contributed by atoms with Crippen LogP contribution in [0.25, 0.3) is 22.2 Å². The second-order valence-electron chi connectivity index (χ2n) is 4.59. The summed E-state index contributed by atoms with van der Waals surface area (Å²) >= 11 is 0. The van der Waals surface area contributed by atoms with Crippen molar-refractivity contribution in [2.75, 3.05) is 7.11 Å². The largest absolute Gasteiger partial charge is 0.497 e. The van der Waals surface area contributed by atoms with E-state index in [0.717, 1.165) is 33.5 Å². The highest BCUT2D eigenvalue weighted by Gasteiger charge is 2.13. The normalized spacial score (nSPS) is 10.4. The van der Waals surface area contributed by atoms with Gasteiger partial charge in [-0.05, 0) is 29.3 Å². The summed E-state index contributed by atoms with van der Waals surface area (Å²) in [6.45, 7) is 0. The van der Waals surface area contributed by atoms with Gasteiger partial charge in [0.15, 0.2) is 0 Å². The topological polar surface area (TPSA) is 48.8 Å². The highest BCUT2D eigenvalue weighted by molar-refractivity contribution is 5.92. The number of hydrogen-bond acceptors (Lipinski definition) is 2. The number of nitrogens with one attached hydrogen (secondary N) is 1. The van der Waals surface area contributed by atoms with Gasteiger partial charge in [-0.3, -0.25) is 0 Å². The highest BCUT2D eigenvalue weighted by Crippen LogP contribution is 2.32. The summed E-state index contributed by atoms with van der Waals surface area (Å²) in [5.41, 5.74) is 4.14. The third-order valence-electron chi connectivity index (χ3n) is 3.43. The number of nitrogens with zero attached hydrogens (tertiary/aromatic N) is 1. The van der Waals surface area contributed by atoms with Gasteiger partial charge in [0, 0.05) is 10.9 Å². The Morgan fingerprint density at radius 2 is 1.95 bits per heavy atom. The van der Waals surface area contributed by atoms with E-state index in [1.54, 1.807) is 7.11 Å². The van der Waals surface area contributed by atoms with Crippen LogP contribution < -0.4 is 4.74 Å². The van der Waals surface area contributed by atoms with E-state index in [2.05, 4.69) is 11.1 Å². The van der Waals surface area contributed by atoms with Crippen molar-refractivity contribution >= 4 is 10.9 Å². The van der Waals surface area contributed by atoms with Gasteiger partial charge < -0.3 is 9.72 Å². The van der Waals surface area contributed by atoms with Gasteiger partial charge in [0.05, 0.1) is 25.3 Å². The second-order valence-corrected chi connectivity index (χ2v) is 4.59. The van der Waals surface area contributed by atoms with Crippen molar-refractivity contribution in [2.24, 2.45) is 0 Å². The SMILES string of the molecule is COc1ccc2[nH]c(-c3ccccc3)c(CC#N)c2c1. The van der Waals surface area contributed by atoms with Crippen LogP contribution >= 0.6 is 0 Å². The van der Waals surface area contributed by atoms with Crippen LogP contribution in [0.2, 0.25) is 0 Å². The van der Waals surface area contributed by atoms with E-state index in [9.17, 15) is 0 Å². The van der Waals surface area contributed by atoms with Crippen LogP contribution in [0.5, 0.6) is 5.75 Å². The molecule has 2 aromatic carbocycles. The minimum atomic E-state index is 0.372. The molecule has 0 saturated heterocycles. The molecule has 0 saturated carbocycles. The van der Waals surface area contributed by atoms with Gasteiger partial charge in [-0.25, -0.2) is 0 Å². The van der Waals surface area contributed by atoms with Crippen molar-refractivity contribution < 1.29 is 4.74 Å². The lowest BCUT2D eigenvalue weighted by Gasteiger charge is -2.02. The zero-order valence-electron chi connectivity index (χ0n) is 11.2. The summed E-state index contributed by atoms with van der Waals surface area (Å²) in [5, 5.41) is 10.1. The first-order valence-electron chi connectivity index (χ1n) is 6.44. The van der Waals surface area contributed by atoms with E-state index in [-0.39, 0.29) is 0 Å². The van der Waals surface area contributed by atoms with Crippen LogP contribution in [-0.4, -0.2) is 12.1 Å². The lowest BCUT2D eigenvalue weighted by atomic mass is 10.0. The molecule has 0 fully saturated rings. The first kappa shape index (κ1) is 12.3. The molecule has 0 aliphatic rings. The maximum atomic E-state index is 9.10. The Morgan fingerprint density at radius 1 is 1.15 bits per heavy atom. The van der Waals surface area contributed by atoms with E-state index in [1.807, 2.05) is 48.5 Å². The zero-order valence-corrected chi connectivity index (χ0v) is 11.2. The molecule has 3 aromatic rings. The third kappa shape index (κ3) is 2.02. The molecular weight excluding hydrogens is 248 g/mol. The predicted molar refractivity (Wildman–Crippen MR) is 79.6 cm³/mol. The smallest absolute Gasteiger partial charge is 0.119 e. The lowest BCUT2D eigenvalue weighted by Crippen LogP contribution is -1.86. The maximum Gasteiger partial charge on any atom is 0.119 e. The fourth-order valence-electron chi connectivity index (χ4n) is 2.47. The fraction of sp³-hybridized carbons (Fsp3) is 0.118. The maximum absolute atomic E-state index is 9.10. The molecule has 98 valence electrons. The summed E-state index contributed by atoms with van der Waals surface area (Å²) in [6.07, 6.45) is 0.372. The minimum absolute atomic E-state index is 0.372. The molecule has 20 heavy (non-hydrogen) atoms. The van der Waals surface area contributed by atoms with Crippen LogP contribution in [0.1, 0.15) is 5.56 Å². The Labute approximate surface area is 117 Å². The molecule has 0 unspecified atom stereocenters. The molecule has 0 amide bonds. The Balaban J connectivity index is 2.27. The monoisotopic (exact) mass is 262 g/mol. The quantitative estimate of drug-likeness (QED) is 0.778. The van der Waals surface area contributed by atoms with Gasteiger partial charge in [-0.1, -0.05) is 30.3 Å². The minimum Gasteiger partial charge on any atom is -0.497 e. The number of methoxy groups -OCH3 is 1. The zero-order chi connectivity index (χ0) is 13.9. The average Bonchev–Trinajstić information content (AvgIpc) is 2.86. The van der Waals surface area contributed by atoms with Crippen molar-refractivity contribution in [2.45, 2.75) is 6.42 Å². The van der Waals surface area contributed by atoms with Crippen LogP contribution in [0.4, 0.5) is 0 Å². The molecule has 1 aromatic heterocycles. The van der Waals surface area contributed by atoms with Gasteiger partial charge >= 0.3 is 0 Å². The lowest BCUT2D eigenvalue weighted by molar-refractivity contribution is 0.415. The van der Waals surface area contributed by atoms with Crippen molar-refractivity contribution in [3.05, 3.63) is 54.1 Å². The summed E-state index contributed by atoms with van der Waals surface area (Å²) in [4.78, 5) is 3.41. The molecular formula is C17H14N2O. The molecule has 3 rings (SSSR count). The Morgan fingerprint density at radius 3 is 2.65 bits per heavy atom. The Kier molecular flexibility index (Phi) is 3.14. The average molecular weight is 262 g/mol. The number of hydrogen-bond donors (Lipinski definition) is 1. The van der Waals surface area contributed by atoms with E-state index >= 15 is 0 Å². The molecule has 0 spiro atoms. The van der Waals surface area contributed by atoms with Gasteiger partial charge in [-0.15, -0.1) is 0 Å². The van der Waals surface area contributed by atoms with Gasteiger partial charge in [0.2, 0.25) is 0 Å². The molecule has 1 N–H and O–H groups in total. The van der Waals surface area contributed by atoms with Crippen molar-refractivity contribution in [3.8, 4) is 23.1 Å².